The van der Waals surface area contributed by atoms with Gasteiger partial charge in [-0.3, -0.25) is 9.69 Å². The van der Waals surface area contributed by atoms with E-state index in [1.165, 1.54) is 5.56 Å². The van der Waals surface area contributed by atoms with Crippen LogP contribution in [0.1, 0.15) is 12.5 Å². The molecule has 3 rings (SSSR count). The Labute approximate surface area is 125 Å². The number of amides is 1. The first kappa shape index (κ1) is 14.4. The lowest BCUT2D eigenvalue weighted by molar-refractivity contribution is -0.122. The van der Waals surface area contributed by atoms with Crippen LogP contribution in [0, 0.1) is 0 Å². The Bertz CT molecular complexity index is 481. The zero-order valence-electron chi connectivity index (χ0n) is 12.5. The minimum absolute atomic E-state index is 0.0587. The van der Waals surface area contributed by atoms with Crippen molar-refractivity contribution in [2.24, 2.45) is 0 Å². The smallest absolute Gasteiger partial charge is 0.242 e. The molecule has 1 aromatic rings. The van der Waals surface area contributed by atoms with Gasteiger partial charge < -0.3 is 15.4 Å². The molecule has 5 nitrogen and oxygen atoms in total. The Morgan fingerprint density at radius 3 is 3.14 bits per heavy atom. The van der Waals surface area contributed by atoms with Gasteiger partial charge in [0.05, 0.1) is 12.7 Å². The fourth-order valence-corrected chi connectivity index (χ4v) is 2.98. The summed E-state index contributed by atoms with van der Waals surface area (Å²) in [4.78, 5) is 14.6. The summed E-state index contributed by atoms with van der Waals surface area (Å²) < 4.78 is 5.71. The molecule has 0 saturated carbocycles. The normalized spacial score (nSPS) is 25.2. The van der Waals surface area contributed by atoms with E-state index in [9.17, 15) is 4.79 Å². The summed E-state index contributed by atoms with van der Waals surface area (Å²) in [5, 5.41) is 6.30. The molecule has 5 heteroatoms. The largest absolute Gasteiger partial charge is 0.374 e. The minimum Gasteiger partial charge on any atom is -0.374 e. The van der Waals surface area contributed by atoms with Gasteiger partial charge >= 0.3 is 0 Å². The molecule has 1 fully saturated rings. The standard InChI is InChI=1S/C16H23N3O2/c1-2-19-7-8-21-13(11-19)10-17-16(20)15-9-12-5-3-4-6-14(12)18-15/h3-6,13,15,18H,2,7-11H2,1H3,(H,17,20). The van der Waals surface area contributed by atoms with Gasteiger partial charge in [-0.25, -0.2) is 0 Å². The number of fused-ring (bicyclic) bond motifs is 1. The summed E-state index contributed by atoms with van der Waals surface area (Å²) in [6.07, 6.45) is 0.862. The highest BCUT2D eigenvalue weighted by atomic mass is 16.5. The van der Waals surface area contributed by atoms with Gasteiger partial charge in [0.1, 0.15) is 6.04 Å². The Morgan fingerprint density at radius 2 is 2.33 bits per heavy atom. The number of anilines is 1. The number of hydrogen-bond acceptors (Lipinski definition) is 4. The van der Waals surface area contributed by atoms with Crippen molar-refractivity contribution in [1.29, 1.82) is 0 Å². The summed E-state index contributed by atoms with van der Waals surface area (Å²) in [6.45, 7) is 6.41. The van der Waals surface area contributed by atoms with E-state index in [0.717, 1.165) is 38.3 Å². The molecular weight excluding hydrogens is 266 g/mol. The second-order valence-corrected chi connectivity index (χ2v) is 5.69. The predicted octanol–water partition coefficient (Wildman–Crippen LogP) is 0.860. The van der Waals surface area contributed by atoms with E-state index in [4.69, 9.17) is 4.74 Å². The summed E-state index contributed by atoms with van der Waals surface area (Å²) in [7, 11) is 0. The number of morpholine rings is 1. The Morgan fingerprint density at radius 1 is 1.48 bits per heavy atom. The third-order valence-electron chi connectivity index (χ3n) is 4.26. The van der Waals surface area contributed by atoms with E-state index < -0.39 is 0 Å². The second kappa shape index (κ2) is 6.45. The maximum Gasteiger partial charge on any atom is 0.242 e. The van der Waals surface area contributed by atoms with Crippen LogP contribution in [0.5, 0.6) is 0 Å². The molecule has 114 valence electrons. The van der Waals surface area contributed by atoms with Gasteiger partial charge in [-0.1, -0.05) is 25.1 Å². The number of para-hydroxylation sites is 1. The average Bonchev–Trinajstić information content (AvgIpc) is 2.97. The molecule has 0 aromatic heterocycles. The van der Waals surface area contributed by atoms with Crippen molar-refractivity contribution < 1.29 is 9.53 Å². The van der Waals surface area contributed by atoms with Crippen LogP contribution >= 0.6 is 0 Å². The van der Waals surface area contributed by atoms with Gasteiger partial charge in [0.2, 0.25) is 5.91 Å². The van der Waals surface area contributed by atoms with E-state index in [1.54, 1.807) is 0 Å². The van der Waals surface area contributed by atoms with Gasteiger partial charge in [0, 0.05) is 31.7 Å². The number of rotatable bonds is 4. The molecule has 2 aliphatic heterocycles. The maximum absolute atomic E-state index is 12.3. The van der Waals surface area contributed by atoms with Crippen molar-refractivity contribution in [2.75, 3.05) is 38.1 Å². The highest BCUT2D eigenvalue weighted by molar-refractivity contribution is 5.87. The molecule has 1 amide bonds. The van der Waals surface area contributed by atoms with E-state index in [2.05, 4.69) is 28.5 Å². The first-order chi connectivity index (χ1) is 10.3. The fraction of sp³-hybridized carbons (Fsp3) is 0.562. The third-order valence-corrected chi connectivity index (χ3v) is 4.26. The molecule has 0 bridgehead atoms. The zero-order valence-corrected chi connectivity index (χ0v) is 12.5. The van der Waals surface area contributed by atoms with Gasteiger partial charge in [0.25, 0.3) is 0 Å². The number of ether oxygens (including phenoxy) is 1. The molecule has 0 spiro atoms. The van der Waals surface area contributed by atoms with E-state index in [0.29, 0.717) is 6.54 Å². The molecule has 2 N–H and O–H groups in total. The van der Waals surface area contributed by atoms with Crippen molar-refractivity contribution in [3.8, 4) is 0 Å². The number of carbonyl (C=O) groups is 1. The van der Waals surface area contributed by atoms with Crippen LogP contribution in [0.2, 0.25) is 0 Å². The lowest BCUT2D eigenvalue weighted by Gasteiger charge is -2.32. The van der Waals surface area contributed by atoms with Crippen LogP contribution in [0.25, 0.3) is 0 Å². The first-order valence-corrected chi connectivity index (χ1v) is 7.72. The van der Waals surface area contributed by atoms with Crippen LogP contribution < -0.4 is 10.6 Å². The number of carbonyl (C=O) groups excluding carboxylic acids is 1. The van der Waals surface area contributed by atoms with Gasteiger partial charge in [0.15, 0.2) is 0 Å². The maximum atomic E-state index is 12.3. The monoisotopic (exact) mass is 289 g/mol. The molecular formula is C16H23N3O2. The van der Waals surface area contributed by atoms with Gasteiger partial charge in [-0.05, 0) is 18.2 Å². The van der Waals surface area contributed by atoms with Gasteiger partial charge in [-0.2, -0.15) is 0 Å². The molecule has 0 radical (unpaired) electrons. The average molecular weight is 289 g/mol. The lowest BCUT2D eigenvalue weighted by atomic mass is 10.1. The number of benzene rings is 1. The van der Waals surface area contributed by atoms with Crippen LogP contribution in [0.4, 0.5) is 5.69 Å². The van der Waals surface area contributed by atoms with E-state index in [-0.39, 0.29) is 18.1 Å². The molecule has 1 aromatic carbocycles. The van der Waals surface area contributed by atoms with Crippen molar-refractivity contribution in [3.63, 3.8) is 0 Å². The number of hydrogen-bond donors (Lipinski definition) is 2. The molecule has 21 heavy (non-hydrogen) atoms. The summed E-state index contributed by atoms with van der Waals surface area (Å²) in [6, 6.07) is 7.93. The SMILES string of the molecule is CCN1CCOC(CNC(=O)C2Cc3ccccc3N2)C1. The second-order valence-electron chi connectivity index (χ2n) is 5.69. The zero-order chi connectivity index (χ0) is 14.7. The van der Waals surface area contributed by atoms with Crippen LogP contribution in [-0.2, 0) is 16.0 Å². The topological polar surface area (TPSA) is 53.6 Å². The van der Waals surface area contributed by atoms with Crippen molar-refractivity contribution >= 4 is 11.6 Å². The minimum atomic E-state index is -0.159. The third kappa shape index (κ3) is 3.36. The first-order valence-electron chi connectivity index (χ1n) is 7.72. The number of likely N-dealkylation sites (N-methyl/N-ethyl adjacent to an activating group) is 1. The van der Waals surface area contributed by atoms with Crippen molar-refractivity contribution in [3.05, 3.63) is 29.8 Å². The summed E-state index contributed by atoms with van der Waals surface area (Å²) >= 11 is 0. The highest BCUT2D eigenvalue weighted by Gasteiger charge is 2.27. The molecule has 0 aliphatic carbocycles. The fourth-order valence-electron chi connectivity index (χ4n) is 2.98. The van der Waals surface area contributed by atoms with E-state index >= 15 is 0 Å². The highest BCUT2D eigenvalue weighted by Crippen LogP contribution is 2.25. The van der Waals surface area contributed by atoms with Crippen LogP contribution in [0.15, 0.2) is 24.3 Å². The van der Waals surface area contributed by atoms with Crippen molar-refractivity contribution in [2.45, 2.75) is 25.5 Å². The Hall–Kier alpha value is -1.59. The predicted molar refractivity (Wildman–Crippen MR) is 82.4 cm³/mol. The molecule has 2 unspecified atom stereocenters. The molecule has 2 heterocycles. The molecule has 1 saturated heterocycles. The van der Waals surface area contributed by atoms with E-state index in [1.807, 2.05) is 18.2 Å². The van der Waals surface area contributed by atoms with Crippen LogP contribution in [-0.4, -0.2) is 55.7 Å². The molecule has 2 aliphatic rings. The number of nitrogens with one attached hydrogen (secondary N) is 2. The Kier molecular flexibility index (Phi) is 4.41. The van der Waals surface area contributed by atoms with Crippen molar-refractivity contribution in [1.82, 2.24) is 10.2 Å². The lowest BCUT2D eigenvalue weighted by Crippen LogP contribution is -2.49. The molecule has 2 atom stereocenters. The number of nitrogens with zero attached hydrogens (tertiary/aromatic N) is 1. The van der Waals surface area contributed by atoms with Gasteiger partial charge in [-0.15, -0.1) is 0 Å². The quantitative estimate of drug-likeness (QED) is 0.863. The summed E-state index contributed by atoms with van der Waals surface area (Å²) in [5.41, 5.74) is 2.28. The van der Waals surface area contributed by atoms with Crippen LogP contribution in [0.3, 0.4) is 0 Å². The Balaban J connectivity index is 1.47. The summed E-state index contributed by atoms with van der Waals surface area (Å²) in [5.74, 6) is 0.0587.